The van der Waals surface area contributed by atoms with Gasteiger partial charge in [0, 0.05) is 12.2 Å². The Morgan fingerprint density at radius 3 is 2.36 bits per heavy atom. The van der Waals surface area contributed by atoms with Crippen molar-refractivity contribution in [3.8, 4) is 0 Å². The fourth-order valence-corrected chi connectivity index (χ4v) is 1.01. The van der Waals surface area contributed by atoms with Gasteiger partial charge in [0.1, 0.15) is 0 Å². The molecule has 0 atom stereocenters. The Morgan fingerprint density at radius 1 is 1.45 bits per heavy atom. The molecule has 0 aliphatic heterocycles. The summed E-state index contributed by atoms with van der Waals surface area (Å²) in [5.74, 6) is 1.01. The van der Waals surface area contributed by atoms with Crippen LogP contribution in [0, 0.1) is 0 Å². The molecule has 66 valence electrons. The zero-order chi connectivity index (χ0) is 8.91. The van der Waals surface area contributed by atoms with Crippen LogP contribution in [-0.2, 0) is 4.79 Å². The third-order valence-electron chi connectivity index (χ3n) is 0.993. The maximum atomic E-state index is 11.1. The van der Waals surface area contributed by atoms with Gasteiger partial charge in [-0.2, -0.15) is 11.8 Å². The number of hydrogen-bond acceptors (Lipinski definition) is 2. The summed E-state index contributed by atoms with van der Waals surface area (Å²) in [5.41, 5.74) is 2.84. The van der Waals surface area contributed by atoms with Crippen LogP contribution in [0.3, 0.4) is 0 Å². The van der Waals surface area contributed by atoms with Crippen LogP contribution in [0.4, 0.5) is 0 Å². The fraction of sp³-hybridized carbons (Fsp3) is 0.857. The predicted molar refractivity (Wildman–Crippen MR) is 49.2 cm³/mol. The summed E-state index contributed by atoms with van der Waals surface area (Å²) in [6.45, 7) is 0. The number of carbonyl (C=O) groups excluding carboxylic acids is 1. The average molecular weight is 177 g/mol. The highest BCUT2D eigenvalue weighted by Crippen LogP contribution is 1.95. The Morgan fingerprint density at radius 2 is 2.00 bits per heavy atom. The van der Waals surface area contributed by atoms with E-state index in [2.05, 4.69) is 5.43 Å². The molecular formula is C7H17N2OS+. The molecule has 0 saturated heterocycles. The van der Waals surface area contributed by atoms with Crippen LogP contribution in [0.25, 0.3) is 0 Å². The molecule has 0 unspecified atom stereocenters. The van der Waals surface area contributed by atoms with Crippen LogP contribution >= 0.6 is 11.8 Å². The summed E-state index contributed by atoms with van der Waals surface area (Å²) >= 11 is 1.69. The Kier molecular flexibility index (Phi) is 4.52. The quantitative estimate of drug-likeness (QED) is 0.500. The second-order valence-electron chi connectivity index (χ2n) is 3.29. The number of nitrogens with zero attached hydrogens (tertiary/aromatic N) is 1. The van der Waals surface area contributed by atoms with Crippen molar-refractivity contribution in [2.24, 2.45) is 0 Å². The number of hydrogen-bond donors (Lipinski definition) is 1. The lowest BCUT2D eigenvalue weighted by atomic mass is 10.5. The Labute approximate surface area is 72.7 Å². The molecule has 0 bridgehead atoms. The molecule has 0 saturated carbocycles. The molecule has 0 heterocycles. The summed E-state index contributed by atoms with van der Waals surface area (Å²) in [6, 6.07) is 0. The van der Waals surface area contributed by atoms with Crippen molar-refractivity contribution in [2.45, 2.75) is 6.42 Å². The van der Waals surface area contributed by atoms with Crippen LogP contribution in [0.15, 0.2) is 0 Å². The normalized spacial score (nSPS) is 11.3. The predicted octanol–water partition coefficient (Wildman–Crippen LogP) is 0.477. The van der Waals surface area contributed by atoms with Gasteiger partial charge in [-0.25, -0.2) is 10.0 Å². The van der Waals surface area contributed by atoms with Crippen LogP contribution < -0.4 is 5.43 Å². The van der Waals surface area contributed by atoms with Gasteiger partial charge < -0.3 is 0 Å². The monoisotopic (exact) mass is 177 g/mol. The summed E-state index contributed by atoms with van der Waals surface area (Å²) < 4.78 is 0.493. The van der Waals surface area contributed by atoms with E-state index in [9.17, 15) is 4.79 Å². The standard InChI is InChI=1S/C7H16N2OS/c1-9(2,3)8-7(10)5-6-11-4/h5-6H2,1-4H3/p+1. The van der Waals surface area contributed by atoms with E-state index in [0.29, 0.717) is 11.0 Å². The third-order valence-corrected chi connectivity index (χ3v) is 1.61. The number of rotatable bonds is 4. The van der Waals surface area contributed by atoms with E-state index in [4.69, 9.17) is 0 Å². The zero-order valence-corrected chi connectivity index (χ0v) is 8.49. The lowest BCUT2D eigenvalue weighted by Gasteiger charge is -2.23. The van der Waals surface area contributed by atoms with E-state index in [1.54, 1.807) is 11.8 Å². The van der Waals surface area contributed by atoms with E-state index in [-0.39, 0.29) is 5.91 Å². The van der Waals surface area contributed by atoms with Gasteiger partial charge in [-0.15, -0.1) is 0 Å². The van der Waals surface area contributed by atoms with Gasteiger partial charge in [0.25, 0.3) is 5.91 Å². The van der Waals surface area contributed by atoms with Gasteiger partial charge in [0.2, 0.25) is 0 Å². The van der Waals surface area contributed by atoms with Crippen molar-refractivity contribution < 1.29 is 9.39 Å². The SMILES string of the molecule is CSCCC(=O)N[N+](C)(C)C. The topological polar surface area (TPSA) is 29.1 Å². The molecule has 1 amide bonds. The van der Waals surface area contributed by atoms with Gasteiger partial charge >= 0.3 is 0 Å². The molecule has 0 spiro atoms. The van der Waals surface area contributed by atoms with E-state index in [1.165, 1.54) is 0 Å². The first-order valence-corrected chi connectivity index (χ1v) is 4.96. The van der Waals surface area contributed by atoms with E-state index in [0.717, 1.165) is 5.75 Å². The molecule has 1 N–H and O–H groups in total. The van der Waals surface area contributed by atoms with Gasteiger partial charge in [0.05, 0.1) is 21.1 Å². The molecule has 0 aromatic carbocycles. The first-order valence-electron chi connectivity index (χ1n) is 3.57. The smallest absolute Gasteiger partial charge is 0.265 e. The number of quaternary nitrogens is 1. The van der Waals surface area contributed by atoms with Gasteiger partial charge in [-0.05, 0) is 6.26 Å². The van der Waals surface area contributed by atoms with E-state index < -0.39 is 0 Å². The van der Waals surface area contributed by atoms with E-state index in [1.807, 2.05) is 27.4 Å². The highest BCUT2D eigenvalue weighted by Gasteiger charge is 2.10. The van der Waals surface area contributed by atoms with Crippen LogP contribution in [0.5, 0.6) is 0 Å². The zero-order valence-electron chi connectivity index (χ0n) is 7.68. The Bertz CT molecular complexity index is 131. The van der Waals surface area contributed by atoms with Crippen molar-refractivity contribution >= 4 is 17.7 Å². The molecule has 0 radical (unpaired) electrons. The van der Waals surface area contributed by atoms with Crippen molar-refractivity contribution in [1.29, 1.82) is 0 Å². The van der Waals surface area contributed by atoms with Crippen LogP contribution in [0.2, 0.25) is 0 Å². The lowest BCUT2D eigenvalue weighted by molar-refractivity contribution is -0.906. The molecule has 3 nitrogen and oxygen atoms in total. The first kappa shape index (κ1) is 10.8. The maximum absolute atomic E-state index is 11.1. The Balaban J connectivity index is 3.53. The number of amides is 1. The lowest BCUT2D eigenvalue weighted by Crippen LogP contribution is -2.51. The minimum atomic E-state index is 0.117. The first-order chi connectivity index (χ1) is 4.95. The molecule has 0 aliphatic rings. The van der Waals surface area contributed by atoms with Crippen molar-refractivity contribution in [1.82, 2.24) is 5.43 Å². The number of thioether (sulfide) groups is 1. The summed E-state index contributed by atoms with van der Waals surface area (Å²) in [7, 11) is 5.78. The molecule has 0 aromatic rings. The van der Waals surface area contributed by atoms with E-state index >= 15 is 0 Å². The minimum absolute atomic E-state index is 0.117. The molecule has 0 rings (SSSR count). The summed E-state index contributed by atoms with van der Waals surface area (Å²) in [6.07, 6.45) is 2.61. The maximum Gasteiger partial charge on any atom is 0.265 e. The number of nitrogens with one attached hydrogen (secondary N) is 1. The van der Waals surface area contributed by atoms with Gasteiger partial charge in [-0.1, -0.05) is 0 Å². The Hall–Kier alpha value is -0.220. The fourth-order valence-electron chi connectivity index (χ4n) is 0.625. The van der Waals surface area contributed by atoms with Crippen molar-refractivity contribution in [3.63, 3.8) is 0 Å². The van der Waals surface area contributed by atoms with Crippen molar-refractivity contribution in [2.75, 3.05) is 33.2 Å². The molecule has 4 heteroatoms. The number of carbonyl (C=O) groups is 1. The highest BCUT2D eigenvalue weighted by molar-refractivity contribution is 7.98. The molecule has 0 fully saturated rings. The molecular weight excluding hydrogens is 160 g/mol. The second-order valence-corrected chi connectivity index (χ2v) is 4.28. The summed E-state index contributed by atoms with van der Waals surface area (Å²) in [4.78, 5) is 11.1. The second kappa shape index (κ2) is 4.62. The van der Waals surface area contributed by atoms with Crippen LogP contribution in [0.1, 0.15) is 6.42 Å². The average Bonchev–Trinajstić information content (AvgIpc) is 1.79. The minimum Gasteiger partial charge on any atom is -0.270 e. The molecule has 0 aliphatic carbocycles. The summed E-state index contributed by atoms with van der Waals surface area (Å²) in [5, 5.41) is 0. The van der Waals surface area contributed by atoms with Crippen molar-refractivity contribution in [3.05, 3.63) is 0 Å². The highest BCUT2D eigenvalue weighted by atomic mass is 32.2. The third kappa shape index (κ3) is 7.68. The van der Waals surface area contributed by atoms with Crippen LogP contribution in [-0.4, -0.2) is 43.7 Å². The largest absolute Gasteiger partial charge is 0.270 e. The molecule has 0 aromatic heterocycles. The van der Waals surface area contributed by atoms with Gasteiger partial charge in [0.15, 0.2) is 0 Å². The molecule has 11 heavy (non-hydrogen) atoms. The van der Waals surface area contributed by atoms with Gasteiger partial charge in [-0.3, -0.25) is 4.79 Å².